The fourth-order valence-electron chi connectivity index (χ4n) is 1.94. The van der Waals surface area contributed by atoms with E-state index in [4.69, 9.17) is 4.74 Å². The largest absolute Gasteiger partial charge is 0.439 e. The SMILES string of the molecule is CCCNC(=NCc1ccc(Oc2ccc(F)cc2)nc1)NCC.I. The summed E-state index contributed by atoms with van der Waals surface area (Å²) >= 11 is 0. The second kappa shape index (κ2) is 11.6. The van der Waals surface area contributed by atoms with Crippen molar-refractivity contribution in [1.29, 1.82) is 0 Å². The Morgan fingerprint density at radius 1 is 1.12 bits per heavy atom. The minimum atomic E-state index is -0.295. The highest BCUT2D eigenvalue weighted by atomic mass is 127. The molecule has 0 bridgehead atoms. The van der Waals surface area contributed by atoms with Crippen LogP contribution in [0.15, 0.2) is 47.6 Å². The first-order chi connectivity index (χ1) is 11.7. The van der Waals surface area contributed by atoms with Gasteiger partial charge in [-0.15, -0.1) is 24.0 Å². The number of halogens is 2. The van der Waals surface area contributed by atoms with E-state index in [1.807, 2.05) is 13.0 Å². The predicted molar refractivity (Wildman–Crippen MR) is 109 cm³/mol. The van der Waals surface area contributed by atoms with E-state index >= 15 is 0 Å². The lowest BCUT2D eigenvalue weighted by Gasteiger charge is -2.10. The molecular formula is C18H24FIN4O. The van der Waals surface area contributed by atoms with Crippen LogP contribution in [0.25, 0.3) is 0 Å². The van der Waals surface area contributed by atoms with Crippen molar-refractivity contribution in [2.24, 2.45) is 4.99 Å². The van der Waals surface area contributed by atoms with Crippen LogP contribution >= 0.6 is 24.0 Å². The fraction of sp³-hybridized carbons (Fsp3) is 0.333. The van der Waals surface area contributed by atoms with Gasteiger partial charge < -0.3 is 15.4 Å². The van der Waals surface area contributed by atoms with E-state index < -0.39 is 0 Å². The standard InChI is InChI=1S/C18H23FN4O.HI/c1-3-11-21-18(20-4-2)23-13-14-5-10-17(22-12-14)24-16-8-6-15(19)7-9-16;/h5-10,12H,3-4,11,13H2,1-2H3,(H2,20,21,23);1H. The summed E-state index contributed by atoms with van der Waals surface area (Å²) in [5, 5.41) is 6.45. The zero-order valence-corrected chi connectivity index (χ0v) is 16.8. The van der Waals surface area contributed by atoms with Gasteiger partial charge in [-0.3, -0.25) is 0 Å². The molecule has 0 fully saturated rings. The molecule has 0 saturated heterocycles. The zero-order chi connectivity index (χ0) is 17.2. The maximum atomic E-state index is 12.9. The minimum absolute atomic E-state index is 0. The highest BCUT2D eigenvalue weighted by Gasteiger charge is 2.01. The summed E-state index contributed by atoms with van der Waals surface area (Å²) in [5.74, 6) is 1.51. The molecule has 0 unspecified atom stereocenters. The van der Waals surface area contributed by atoms with E-state index in [1.54, 1.807) is 24.4 Å². The van der Waals surface area contributed by atoms with E-state index in [0.717, 1.165) is 31.0 Å². The van der Waals surface area contributed by atoms with Gasteiger partial charge in [0.15, 0.2) is 5.96 Å². The van der Waals surface area contributed by atoms with Crippen LogP contribution in [0, 0.1) is 5.82 Å². The van der Waals surface area contributed by atoms with Crippen LogP contribution in [0.5, 0.6) is 11.6 Å². The van der Waals surface area contributed by atoms with E-state index in [9.17, 15) is 4.39 Å². The molecule has 136 valence electrons. The molecule has 0 aliphatic heterocycles. The molecule has 0 aliphatic rings. The molecule has 0 aliphatic carbocycles. The van der Waals surface area contributed by atoms with E-state index in [0.29, 0.717) is 18.2 Å². The van der Waals surface area contributed by atoms with Crippen molar-refractivity contribution in [2.75, 3.05) is 13.1 Å². The molecular weight excluding hydrogens is 434 g/mol. The van der Waals surface area contributed by atoms with Gasteiger partial charge in [0.25, 0.3) is 0 Å². The molecule has 0 atom stereocenters. The molecule has 1 aromatic heterocycles. The van der Waals surface area contributed by atoms with Crippen LogP contribution < -0.4 is 15.4 Å². The summed E-state index contributed by atoms with van der Waals surface area (Å²) in [6, 6.07) is 9.53. The number of guanidine groups is 1. The third-order valence-electron chi connectivity index (χ3n) is 3.14. The molecule has 0 spiro atoms. The number of hydrogen-bond acceptors (Lipinski definition) is 3. The number of nitrogens with one attached hydrogen (secondary N) is 2. The molecule has 5 nitrogen and oxygen atoms in total. The second-order valence-corrected chi connectivity index (χ2v) is 5.18. The van der Waals surface area contributed by atoms with Crippen molar-refractivity contribution in [1.82, 2.24) is 15.6 Å². The van der Waals surface area contributed by atoms with E-state index in [2.05, 4.69) is 27.5 Å². The number of rotatable bonds is 7. The molecule has 0 saturated carbocycles. The van der Waals surface area contributed by atoms with Gasteiger partial charge in [0, 0.05) is 25.4 Å². The number of benzene rings is 1. The van der Waals surface area contributed by atoms with Gasteiger partial charge in [-0.25, -0.2) is 14.4 Å². The quantitative estimate of drug-likeness (QED) is 0.373. The first-order valence-corrected chi connectivity index (χ1v) is 8.11. The lowest BCUT2D eigenvalue weighted by atomic mass is 10.3. The first kappa shape index (κ1) is 21.1. The summed E-state index contributed by atoms with van der Waals surface area (Å²) in [6.07, 6.45) is 2.77. The Labute approximate surface area is 165 Å². The van der Waals surface area contributed by atoms with Gasteiger partial charge in [-0.05, 0) is 43.2 Å². The molecule has 2 rings (SSSR count). The normalized spacial score (nSPS) is 10.8. The van der Waals surface area contributed by atoms with Gasteiger partial charge in [0.05, 0.1) is 6.54 Å². The minimum Gasteiger partial charge on any atom is -0.439 e. The number of ether oxygens (including phenoxy) is 1. The Kier molecular flexibility index (Phi) is 9.83. The topological polar surface area (TPSA) is 58.5 Å². The fourth-order valence-corrected chi connectivity index (χ4v) is 1.94. The zero-order valence-electron chi connectivity index (χ0n) is 14.5. The van der Waals surface area contributed by atoms with Crippen LogP contribution in [-0.2, 0) is 6.54 Å². The molecule has 0 radical (unpaired) electrons. The molecule has 2 aromatic rings. The lowest BCUT2D eigenvalue weighted by molar-refractivity contribution is 0.461. The average molecular weight is 458 g/mol. The Hall–Kier alpha value is -1.90. The third kappa shape index (κ3) is 7.68. The maximum absolute atomic E-state index is 12.9. The summed E-state index contributed by atoms with van der Waals surface area (Å²) in [4.78, 5) is 8.77. The number of aromatic nitrogens is 1. The van der Waals surface area contributed by atoms with Gasteiger partial charge in [0.2, 0.25) is 5.88 Å². The number of pyridine rings is 1. The van der Waals surface area contributed by atoms with Crippen LogP contribution in [-0.4, -0.2) is 24.0 Å². The molecule has 1 aromatic carbocycles. The number of hydrogen-bond donors (Lipinski definition) is 2. The Morgan fingerprint density at radius 2 is 1.88 bits per heavy atom. The van der Waals surface area contributed by atoms with Gasteiger partial charge >= 0.3 is 0 Å². The average Bonchev–Trinajstić information content (AvgIpc) is 2.60. The molecule has 1 heterocycles. The molecule has 0 amide bonds. The predicted octanol–water partition coefficient (Wildman–Crippen LogP) is 4.10. The van der Waals surface area contributed by atoms with Crippen LogP contribution in [0.4, 0.5) is 4.39 Å². The van der Waals surface area contributed by atoms with E-state index in [-0.39, 0.29) is 29.8 Å². The van der Waals surface area contributed by atoms with Crippen molar-refractivity contribution in [2.45, 2.75) is 26.8 Å². The smallest absolute Gasteiger partial charge is 0.219 e. The third-order valence-corrected chi connectivity index (χ3v) is 3.14. The van der Waals surface area contributed by atoms with Crippen molar-refractivity contribution in [3.05, 3.63) is 54.0 Å². The van der Waals surface area contributed by atoms with Gasteiger partial charge in [-0.2, -0.15) is 0 Å². The summed E-state index contributed by atoms with van der Waals surface area (Å²) < 4.78 is 18.4. The van der Waals surface area contributed by atoms with E-state index in [1.165, 1.54) is 12.1 Å². The van der Waals surface area contributed by atoms with Crippen molar-refractivity contribution in [3.8, 4) is 11.6 Å². The van der Waals surface area contributed by atoms with Crippen LogP contribution in [0.3, 0.4) is 0 Å². The highest BCUT2D eigenvalue weighted by molar-refractivity contribution is 14.0. The van der Waals surface area contributed by atoms with Crippen molar-refractivity contribution >= 4 is 29.9 Å². The molecule has 7 heteroatoms. The lowest BCUT2D eigenvalue weighted by Crippen LogP contribution is -2.37. The Bertz CT molecular complexity index is 647. The maximum Gasteiger partial charge on any atom is 0.219 e. The first-order valence-electron chi connectivity index (χ1n) is 8.11. The van der Waals surface area contributed by atoms with Crippen molar-refractivity contribution in [3.63, 3.8) is 0 Å². The van der Waals surface area contributed by atoms with Crippen LogP contribution in [0.2, 0.25) is 0 Å². The Morgan fingerprint density at radius 3 is 2.48 bits per heavy atom. The number of nitrogens with zero attached hydrogens (tertiary/aromatic N) is 2. The summed E-state index contributed by atoms with van der Waals surface area (Å²) in [5.41, 5.74) is 0.982. The van der Waals surface area contributed by atoms with Crippen molar-refractivity contribution < 1.29 is 9.13 Å². The molecule has 25 heavy (non-hydrogen) atoms. The second-order valence-electron chi connectivity index (χ2n) is 5.18. The van der Waals surface area contributed by atoms with Gasteiger partial charge in [0.1, 0.15) is 11.6 Å². The summed E-state index contributed by atoms with van der Waals surface area (Å²) in [7, 11) is 0. The monoisotopic (exact) mass is 458 g/mol. The Balaban J connectivity index is 0.00000312. The molecule has 2 N–H and O–H groups in total. The number of aliphatic imine (C=N–C) groups is 1. The summed E-state index contributed by atoms with van der Waals surface area (Å²) in [6.45, 7) is 6.38. The highest BCUT2D eigenvalue weighted by Crippen LogP contribution is 2.19. The van der Waals surface area contributed by atoms with Crippen LogP contribution in [0.1, 0.15) is 25.8 Å². The van der Waals surface area contributed by atoms with Gasteiger partial charge in [-0.1, -0.05) is 13.0 Å².